The summed E-state index contributed by atoms with van der Waals surface area (Å²) in [6.07, 6.45) is 5.89. The van der Waals surface area contributed by atoms with Crippen molar-refractivity contribution in [1.29, 1.82) is 0 Å². The molecule has 1 fully saturated rings. The van der Waals surface area contributed by atoms with Crippen molar-refractivity contribution in [2.45, 2.75) is 65.6 Å². The third-order valence-electron chi connectivity index (χ3n) is 4.09. The van der Waals surface area contributed by atoms with Crippen LogP contribution in [0.4, 0.5) is 5.82 Å². The summed E-state index contributed by atoms with van der Waals surface area (Å²) in [6, 6.07) is 3.55. The van der Waals surface area contributed by atoms with Crippen molar-refractivity contribution >= 4 is 5.82 Å². The highest BCUT2D eigenvalue weighted by molar-refractivity contribution is 5.47. The molecule has 1 aromatic rings. The smallest absolute Gasteiger partial charge is 0.131 e. The van der Waals surface area contributed by atoms with Gasteiger partial charge in [-0.25, -0.2) is 4.98 Å². The van der Waals surface area contributed by atoms with Crippen LogP contribution in [0.1, 0.15) is 51.2 Å². The highest BCUT2D eigenvalue weighted by Gasteiger charge is 2.20. The lowest BCUT2D eigenvalue weighted by Gasteiger charge is -2.28. The molecule has 0 aliphatic heterocycles. The molecule has 1 aromatic heterocycles. The molecule has 1 N–H and O–H groups in total. The fraction of sp³-hybridized carbons (Fsp3) is 0.706. The summed E-state index contributed by atoms with van der Waals surface area (Å²) in [5, 5.41) is 3.54. The molecule has 112 valence electrons. The minimum absolute atomic E-state index is 0.525. The van der Waals surface area contributed by atoms with Crippen LogP contribution in [0, 0.1) is 12.8 Å². The Hall–Kier alpha value is -1.09. The van der Waals surface area contributed by atoms with Gasteiger partial charge in [0, 0.05) is 31.9 Å². The molecule has 1 aliphatic rings. The summed E-state index contributed by atoms with van der Waals surface area (Å²) in [5.41, 5.74) is 2.57. The third-order valence-corrected chi connectivity index (χ3v) is 4.09. The standard InChI is InChI=1S/C17H29N3/c1-12(2)8-14(4)20(5)17-13(3)9-15(11-19-17)10-18-16-6-7-16/h9,11-12,14,16,18H,6-8,10H2,1-5H3. The zero-order valence-corrected chi connectivity index (χ0v) is 13.6. The van der Waals surface area contributed by atoms with Crippen molar-refractivity contribution in [2.75, 3.05) is 11.9 Å². The quantitative estimate of drug-likeness (QED) is 0.825. The summed E-state index contributed by atoms with van der Waals surface area (Å²) >= 11 is 0. The molecule has 0 saturated heterocycles. The van der Waals surface area contributed by atoms with Crippen LogP contribution in [0.5, 0.6) is 0 Å². The maximum atomic E-state index is 4.69. The molecule has 0 bridgehead atoms. The Morgan fingerprint density at radius 2 is 2.05 bits per heavy atom. The lowest BCUT2D eigenvalue weighted by atomic mass is 10.0. The van der Waals surface area contributed by atoms with Gasteiger partial charge in [0.15, 0.2) is 0 Å². The summed E-state index contributed by atoms with van der Waals surface area (Å²) < 4.78 is 0. The Labute approximate surface area is 123 Å². The summed E-state index contributed by atoms with van der Waals surface area (Å²) in [5.74, 6) is 1.84. The molecule has 1 atom stereocenters. The molecule has 1 heterocycles. The first-order chi connectivity index (χ1) is 9.47. The minimum Gasteiger partial charge on any atom is -0.357 e. The molecule has 1 saturated carbocycles. The normalized spacial score (nSPS) is 16.5. The Balaban J connectivity index is 1.99. The van der Waals surface area contributed by atoms with E-state index in [2.05, 4.69) is 51.0 Å². The topological polar surface area (TPSA) is 28.2 Å². The zero-order valence-electron chi connectivity index (χ0n) is 13.6. The van der Waals surface area contributed by atoms with E-state index in [1.165, 1.54) is 30.4 Å². The minimum atomic E-state index is 0.525. The molecule has 1 aliphatic carbocycles. The number of anilines is 1. The summed E-state index contributed by atoms with van der Waals surface area (Å²) in [7, 11) is 2.16. The van der Waals surface area contributed by atoms with E-state index < -0.39 is 0 Å². The first-order valence-electron chi connectivity index (χ1n) is 7.89. The highest BCUT2D eigenvalue weighted by atomic mass is 15.2. The van der Waals surface area contributed by atoms with Crippen molar-refractivity contribution in [3.05, 3.63) is 23.4 Å². The Bertz CT molecular complexity index is 438. The van der Waals surface area contributed by atoms with Crippen molar-refractivity contribution in [3.8, 4) is 0 Å². The SMILES string of the molecule is Cc1cc(CNC2CC2)cnc1N(C)C(C)CC(C)C. The van der Waals surface area contributed by atoms with Crippen LogP contribution in [-0.2, 0) is 6.54 Å². The Morgan fingerprint density at radius 1 is 1.35 bits per heavy atom. The fourth-order valence-corrected chi connectivity index (χ4v) is 2.69. The molecular formula is C17H29N3. The molecule has 3 heteroatoms. The van der Waals surface area contributed by atoms with E-state index >= 15 is 0 Å². The van der Waals surface area contributed by atoms with E-state index in [4.69, 9.17) is 4.98 Å². The maximum absolute atomic E-state index is 4.69. The molecule has 0 aromatic carbocycles. The lowest BCUT2D eigenvalue weighted by Crippen LogP contribution is -2.31. The fourth-order valence-electron chi connectivity index (χ4n) is 2.69. The van der Waals surface area contributed by atoms with Crippen LogP contribution in [0.3, 0.4) is 0 Å². The van der Waals surface area contributed by atoms with E-state index in [1.54, 1.807) is 0 Å². The van der Waals surface area contributed by atoms with E-state index in [1.807, 2.05) is 6.20 Å². The Kier molecular flexibility index (Phi) is 5.03. The molecule has 0 amide bonds. The molecule has 20 heavy (non-hydrogen) atoms. The van der Waals surface area contributed by atoms with Crippen LogP contribution in [0.15, 0.2) is 12.3 Å². The molecule has 2 rings (SSSR count). The second kappa shape index (κ2) is 6.57. The third kappa shape index (κ3) is 4.20. The number of rotatable bonds is 7. The molecular weight excluding hydrogens is 246 g/mol. The second-order valence-electron chi connectivity index (χ2n) is 6.73. The molecule has 3 nitrogen and oxygen atoms in total. The van der Waals surface area contributed by atoms with Gasteiger partial charge in [-0.15, -0.1) is 0 Å². The van der Waals surface area contributed by atoms with E-state index in [0.717, 1.165) is 24.3 Å². The van der Waals surface area contributed by atoms with Gasteiger partial charge in [0.1, 0.15) is 5.82 Å². The van der Waals surface area contributed by atoms with Crippen LogP contribution in [0.2, 0.25) is 0 Å². The van der Waals surface area contributed by atoms with Crippen LogP contribution >= 0.6 is 0 Å². The molecule has 0 spiro atoms. The Morgan fingerprint density at radius 3 is 2.60 bits per heavy atom. The van der Waals surface area contributed by atoms with Crippen LogP contribution in [-0.4, -0.2) is 24.1 Å². The van der Waals surface area contributed by atoms with Crippen LogP contribution < -0.4 is 10.2 Å². The average Bonchev–Trinajstić information content (AvgIpc) is 3.19. The van der Waals surface area contributed by atoms with Crippen molar-refractivity contribution in [3.63, 3.8) is 0 Å². The maximum Gasteiger partial charge on any atom is 0.131 e. The van der Waals surface area contributed by atoms with Gasteiger partial charge in [-0.05, 0) is 56.2 Å². The van der Waals surface area contributed by atoms with Gasteiger partial charge in [0.05, 0.1) is 0 Å². The van der Waals surface area contributed by atoms with Crippen molar-refractivity contribution in [1.82, 2.24) is 10.3 Å². The largest absolute Gasteiger partial charge is 0.357 e. The van der Waals surface area contributed by atoms with Gasteiger partial charge < -0.3 is 10.2 Å². The number of nitrogens with one attached hydrogen (secondary N) is 1. The van der Waals surface area contributed by atoms with E-state index in [9.17, 15) is 0 Å². The van der Waals surface area contributed by atoms with Crippen molar-refractivity contribution in [2.24, 2.45) is 5.92 Å². The molecule has 0 radical (unpaired) electrons. The van der Waals surface area contributed by atoms with Gasteiger partial charge in [0.2, 0.25) is 0 Å². The summed E-state index contributed by atoms with van der Waals surface area (Å²) in [6.45, 7) is 9.95. The lowest BCUT2D eigenvalue weighted by molar-refractivity contribution is 0.501. The van der Waals surface area contributed by atoms with Gasteiger partial charge in [-0.1, -0.05) is 13.8 Å². The average molecular weight is 275 g/mol. The van der Waals surface area contributed by atoms with E-state index in [0.29, 0.717) is 6.04 Å². The number of aromatic nitrogens is 1. The summed E-state index contributed by atoms with van der Waals surface area (Å²) in [4.78, 5) is 7.00. The van der Waals surface area contributed by atoms with Crippen LogP contribution in [0.25, 0.3) is 0 Å². The van der Waals surface area contributed by atoms with Gasteiger partial charge in [-0.2, -0.15) is 0 Å². The second-order valence-corrected chi connectivity index (χ2v) is 6.73. The predicted octanol–water partition coefficient (Wildman–Crippen LogP) is 3.51. The monoisotopic (exact) mass is 275 g/mol. The molecule has 1 unspecified atom stereocenters. The van der Waals surface area contributed by atoms with E-state index in [-0.39, 0.29) is 0 Å². The van der Waals surface area contributed by atoms with Gasteiger partial charge in [0.25, 0.3) is 0 Å². The highest BCUT2D eigenvalue weighted by Crippen LogP contribution is 2.23. The number of nitrogens with zero attached hydrogens (tertiary/aromatic N) is 2. The number of pyridine rings is 1. The zero-order chi connectivity index (χ0) is 14.7. The number of aryl methyl sites for hydroxylation is 1. The van der Waals surface area contributed by atoms with Gasteiger partial charge >= 0.3 is 0 Å². The first-order valence-corrected chi connectivity index (χ1v) is 7.89. The van der Waals surface area contributed by atoms with Crippen molar-refractivity contribution < 1.29 is 0 Å². The number of hydrogen-bond donors (Lipinski definition) is 1. The predicted molar refractivity (Wildman–Crippen MR) is 86.2 cm³/mol. The first kappa shape index (κ1) is 15.3. The number of hydrogen-bond acceptors (Lipinski definition) is 3. The van der Waals surface area contributed by atoms with Gasteiger partial charge in [-0.3, -0.25) is 0 Å².